The third-order valence-corrected chi connectivity index (χ3v) is 2.40. The molecule has 0 spiro atoms. The summed E-state index contributed by atoms with van der Waals surface area (Å²) in [5, 5.41) is 2.94. The van der Waals surface area contributed by atoms with Gasteiger partial charge in [-0.3, -0.25) is 4.79 Å². The van der Waals surface area contributed by atoms with Crippen molar-refractivity contribution in [2.45, 2.75) is 39.7 Å². The average Bonchev–Trinajstić information content (AvgIpc) is 2.00. The van der Waals surface area contributed by atoms with Crippen LogP contribution in [0.4, 0.5) is 0 Å². The normalized spacial score (nSPS) is 13.1. The zero-order chi connectivity index (χ0) is 9.56. The summed E-state index contributed by atoms with van der Waals surface area (Å²) >= 11 is 2.08. The second-order valence-corrected chi connectivity index (χ2v) is 4.34. The van der Waals surface area contributed by atoms with Gasteiger partial charge in [0.25, 0.3) is 0 Å². The fourth-order valence-corrected chi connectivity index (χ4v) is 1.19. The van der Waals surface area contributed by atoms with Crippen molar-refractivity contribution in [3.63, 3.8) is 0 Å². The highest BCUT2D eigenvalue weighted by Gasteiger charge is 2.05. The molecule has 1 N–H and O–H groups in total. The third-order valence-electron chi connectivity index (χ3n) is 1.71. The standard InChI is InChI=1S/C9H18INO/c1-7(2)4-5-8(3)11-9(12)6-10/h7-8H,4-6H2,1-3H3,(H,11,12). The van der Waals surface area contributed by atoms with Crippen molar-refractivity contribution >= 4 is 28.5 Å². The molecule has 2 nitrogen and oxygen atoms in total. The molecular weight excluding hydrogens is 265 g/mol. The van der Waals surface area contributed by atoms with Gasteiger partial charge in [0.1, 0.15) is 0 Å². The lowest BCUT2D eigenvalue weighted by Crippen LogP contribution is -2.33. The van der Waals surface area contributed by atoms with Crippen LogP contribution in [0.5, 0.6) is 0 Å². The number of hydrogen-bond acceptors (Lipinski definition) is 1. The minimum absolute atomic E-state index is 0.145. The Morgan fingerprint density at radius 3 is 2.33 bits per heavy atom. The molecule has 0 aromatic rings. The first-order valence-corrected chi connectivity index (χ1v) is 5.94. The molecule has 1 unspecified atom stereocenters. The van der Waals surface area contributed by atoms with Crippen LogP contribution in [0.15, 0.2) is 0 Å². The van der Waals surface area contributed by atoms with Gasteiger partial charge in [0.15, 0.2) is 0 Å². The molecular formula is C9H18INO. The molecule has 0 aliphatic rings. The maximum Gasteiger partial charge on any atom is 0.230 e. The molecule has 1 amide bonds. The van der Waals surface area contributed by atoms with E-state index >= 15 is 0 Å². The maximum absolute atomic E-state index is 10.9. The van der Waals surface area contributed by atoms with Crippen molar-refractivity contribution in [2.75, 3.05) is 4.43 Å². The predicted molar refractivity (Wildman–Crippen MR) is 60.6 cm³/mol. The summed E-state index contributed by atoms with van der Waals surface area (Å²) in [6, 6.07) is 0.328. The van der Waals surface area contributed by atoms with E-state index in [0.29, 0.717) is 10.5 Å². The molecule has 0 aromatic heterocycles. The molecule has 0 saturated heterocycles. The second-order valence-electron chi connectivity index (χ2n) is 3.57. The van der Waals surface area contributed by atoms with Crippen molar-refractivity contribution in [1.82, 2.24) is 5.32 Å². The van der Waals surface area contributed by atoms with Gasteiger partial charge in [-0.05, 0) is 25.7 Å². The zero-order valence-electron chi connectivity index (χ0n) is 8.06. The molecule has 1 atom stereocenters. The molecule has 0 fully saturated rings. The highest BCUT2D eigenvalue weighted by Crippen LogP contribution is 2.06. The number of alkyl halides is 1. The Kier molecular flexibility index (Phi) is 6.80. The van der Waals surface area contributed by atoms with Crippen molar-refractivity contribution < 1.29 is 4.79 Å². The summed E-state index contributed by atoms with van der Waals surface area (Å²) in [7, 11) is 0. The van der Waals surface area contributed by atoms with E-state index in [1.807, 2.05) is 0 Å². The number of amides is 1. The molecule has 12 heavy (non-hydrogen) atoms. The lowest BCUT2D eigenvalue weighted by atomic mass is 10.0. The van der Waals surface area contributed by atoms with Gasteiger partial charge in [-0.1, -0.05) is 36.4 Å². The van der Waals surface area contributed by atoms with E-state index < -0.39 is 0 Å². The Balaban J connectivity index is 3.45. The Morgan fingerprint density at radius 2 is 1.92 bits per heavy atom. The highest BCUT2D eigenvalue weighted by atomic mass is 127. The Labute approximate surface area is 88.6 Å². The van der Waals surface area contributed by atoms with E-state index in [1.54, 1.807) is 0 Å². The van der Waals surface area contributed by atoms with Crippen LogP contribution < -0.4 is 5.32 Å². The summed E-state index contributed by atoms with van der Waals surface area (Å²) in [6.07, 6.45) is 2.27. The maximum atomic E-state index is 10.9. The van der Waals surface area contributed by atoms with E-state index in [4.69, 9.17) is 0 Å². The lowest BCUT2D eigenvalue weighted by molar-refractivity contribution is -0.118. The highest BCUT2D eigenvalue weighted by molar-refractivity contribution is 14.1. The largest absolute Gasteiger partial charge is 0.353 e. The summed E-state index contributed by atoms with van der Waals surface area (Å²) in [4.78, 5) is 10.9. The van der Waals surface area contributed by atoms with Crippen LogP contribution in [0.25, 0.3) is 0 Å². The third kappa shape index (κ3) is 6.88. The van der Waals surface area contributed by atoms with Crippen LogP contribution in [0.2, 0.25) is 0 Å². The zero-order valence-corrected chi connectivity index (χ0v) is 10.2. The minimum Gasteiger partial charge on any atom is -0.353 e. The van der Waals surface area contributed by atoms with Crippen LogP contribution >= 0.6 is 22.6 Å². The van der Waals surface area contributed by atoms with Crippen molar-refractivity contribution in [2.24, 2.45) is 5.92 Å². The van der Waals surface area contributed by atoms with Crippen LogP contribution in [0, 0.1) is 5.92 Å². The molecule has 0 rings (SSSR count). The number of hydrogen-bond donors (Lipinski definition) is 1. The Hall–Kier alpha value is 0.200. The number of rotatable bonds is 5. The number of carbonyl (C=O) groups is 1. The number of nitrogens with one attached hydrogen (secondary N) is 1. The van der Waals surface area contributed by atoms with E-state index in [2.05, 4.69) is 48.7 Å². The molecule has 0 radical (unpaired) electrons. The molecule has 3 heteroatoms. The van der Waals surface area contributed by atoms with Gasteiger partial charge in [-0.2, -0.15) is 0 Å². The first kappa shape index (κ1) is 12.2. The van der Waals surface area contributed by atoms with E-state index in [0.717, 1.165) is 12.3 Å². The van der Waals surface area contributed by atoms with Crippen LogP contribution in [0.1, 0.15) is 33.6 Å². The molecule has 0 bridgehead atoms. The van der Waals surface area contributed by atoms with Gasteiger partial charge in [-0.25, -0.2) is 0 Å². The Bertz CT molecular complexity index is 136. The van der Waals surface area contributed by atoms with Crippen LogP contribution in [-0.4, -0.2) is 16.4 Å². The summed E-state index contributed by atoms with van der Waals surface area (Å²) in [6.45, 7) is 6.46. The van der Waals surface area contributed by atoms with Gasteiger partial charge in [0, 0.05) is 6.04 Å². The van der Waals surface area contributed by atoms with E-state index in [1.165, 1.54) is 6.42 Å². The van der Waals surface area contributed by atoms with Crippen molar-refractivity contribution in [1.29, 1.82) is 0 Å². The SMILES string of the molecule is CC(C)CCC(C)NC(=O)CI. The van der Waals surface area contributed by atoms with Crippen LogP contribution in [-0.2, 0) is 4.79 Å². The first-order valence-electron chi connectivity index (χ1n) is 4.41. The second kappa shape index (κ2) is 6.69. The first-order chi connectivity index (χ1) is 5.56. The molecule has 0 heterocycles. The monoisotopic (exact) mass is 283 g/mol. The topological polar surface area (TPSA) is 29.1 Å². The average molecular weight is 283 g/mol. The van der Waals surface area contributed by atoms with Gasteiger partial charge in [-0.15, -0.1) is 0 Å². The van der Waals surface area contributed by atoms with Crippen molar-refractivity contribution in [3.8, 4) is 0 Å². The summed E-state index contributed by atoms with van der Waals surface area (Å²) < 4.78 is 0.559. The lowest BCUT2D eigenvalue weighted by Gasteiger charge is -2.13. The fraction of sp³-hybridized carbons (Fsp3) is 0.889. The number of carbonyl (C=O) groups excluding carboxylic acids is 1. The van der Waals surface area contributed by atoms with Gasteiger partial charge in [0.2, 0.25) is 5.91 Å². The fourth-order valence-electron chi connectivity index (χ4n) is 0.969. The van der Waals surface area contributed by atoms with Crippen molar-refractivity contribution in [3.05, 3.63) is 0 Å². The van der Waals surface area contributed by atoms with Gasteiger partial charge in [0.05, 0.1) is 4.43 Å². The quantitative estimate of drug-likeness (QED) is 0.609. The van der Waals surface area contributed by atoms with E-state index in [-0.39, 0.29) is 5.91 Å². The number of halogens is 1. The Morgan fingerprint density at radius 1 is 1.33 bits per heavy atom. The molecule has 0 aromatic carbocycles. The van der Waals surface area contributed by atoms with Crippen LogP contribution in [0.3, 0.4) is 0 Å². The van der Waals surface area contributed by atoms with Gasteiger partial charge < -0.3 is 5.32 Å². The van der Waals surface area contributed by atoms with E-state index in [9.17, 15) is 4.79 Å². The predicted octanol–water partition coefficient (Wildman–Crippen LogP) is 2.36. The molecule has 0 aliphatic carbocycles. The minimum atomic E-state index is 0.145. The molecule has 0 aliphatic heterocycles. The smallest absolute Gasteiger partial charge is 0.230 e. The molecule has 0 saturated carbocycles. The summed E-state index contributed by atoms with van der Waals surface area (Å²) in [5.74, 6) is 0.871. The molecule has 72 valence electrons. The summed E-state index contributed by atoms with van der Waals surface area (Å²) in [5.41, 5.74) is 0. The van der Waals surface area contributed by atoms with Gasteiger partial charge >= 0.3 is 0 Å².